The lowest BCUT2D eigenvalue weighted by Crippen LogP contribution is -2.51. The van der Waals surface area contributed by atoms with Crippen LogP contribution in [-0.2, 0) is 9.59 Å². The zero-order valence-corrected chi connectivity index (χ0v) is 16.9. The first-order valence-electron chi connectivity index (χ1n) is 9.05. The minimum Gasteiger partial charge on any atom is -0.313 e. The molecule has 2 N–H and O–H groups in total. The van der Waals surface area contributed by atoms with Crippen molar-refractivity contribution in [2.75, 3.05) is 0 Å². The van der Waals surface area contributed by atoms with Gasteiger partial charge in [0.15, 0.2) is 5.11 Å². The number of aromatic nitrogens is 1. The lowest BCUT2D eigenvalue weighted by atomic mass is 10.0. The lowest BCUT2D eigenvalue weighted by Gasteiger charge is -2.16. The number of hydrogen-bond donors (Lipinski definition) is 2. The van der Waals surface area contributed by atoms with Crippen LogP contribution in [0.3, 0.4) is 0 Å². The molecule has 4 rings (SSSR count). The number of nitro groups is 1. The Labute approximate surface area is 180 Å². The molecule has 2 amide bonds. The van der Waals surface area contributed by atoms with Gasteiger partial charge in [-0.05, 0) is 42.9 Å². The fourth-order valence-corrected chi connectivity index (χ4v) is 3.65. The molecule has 0 spiro atoms. The molecule has 0 saturated carbocycles. The van der Waals surface area contributed by atoms with E-state index in [2.05, 4.69) is 10.6 Å². The van der Waals surface area contributed by atoms with Crippen molar-refractivity contribution in [1.82, 2.24) is 15.0 Å². The first-order valence-corrected chi connectivity index (χ1v) is 9.46. The van der Waals surface area contributed by atoms with Gasteiger partial charge in [-0.15, -0.1) is 0 Å². The Morgan fingerprint density at radius 1 is 1.13 bits per heavy atom. The van der Waals surface area contributed by atoms with Gasteiger partial charge in [-0.25, -0.2) is 0 Å². The third-order valence-corrected chi connectivity index (χ3v) is 5.11. The number of amides is 2. The predicted octanol–water partition coefficient (Wildman–Crippen LogP) is 2.30. The number of nitrogens with zero attached hydrogens (tertiary/aromatic N) is 2. The zero-order valence-electron chi connectivity index (χ0n) is 16.0. The van der Waals surface area contributed by atoms with Crippen LogP contribution in [0.5, 0.6) is 0 Å². The summed E-state index contributed by atoms with van der Waals surface area (Å²) in [6.07, 6.45) is 3.08. The quantitative estimate of drug-likeness (QED) is 0.162. The molecule has 0 unspecified atom stereocenters. The molecule has 1 aromatic carbocycles. The number of benzene rings is 1. The van der Waals surface area contributed by atoms with E-state index in [0.717, 1.165) is 0 Å². The second-order valence-electron chi connectivity index (χ2n) is 6.78. The molecule has 0 aliphatic carbocycles. The number of pyridine rings is 1. The van der Waals surface area contributed by atoms with E-state index in [0.29, 0.717) is 16.6 Å². The van der Waals surface area contributed by atoms with Gasteiger partial charge in [-0.1, -0.05) is 18.2 Å². The molecule has 1 aliphatic heterocycles. The van der Waals surface area contributed by atoms with Gasteiger partial charge >= 0.3 is 0 Å². The monoisotopic (exact) mass is 434 g/mol. The summed E-state index contributed by atoms with van der Waals surface area (Å²) in [5.41, 5.74) is 1.69. The molecule has 10 heteroatoms. The summed E-state index contributed by atoms with van der Waals surface area (Å²) in [4.78, 5) is 48.4. The average Bonchev–Trinajstić information content (AvgIpc) is 3.01. The molecule has 0 bridgehead atoms. The fourth-order valence-electron chi connectivity index (χ4n) is 3.47. The molecule has 9 nitrogen and oxygen atoms in total. The third-order valence-electron chi connectivity index (χ3n) is 4.90. The lowest BCUT2D eigenvalue weighted by molar-refractivity contribution is -0.384. The molecular weight excluding hydrogens is 420 g/mol. The minimum absolute atomic E-state index is 0.0767. The smallest absolute Gasteiger partial charge is 0.270 e. The van der Waals surface area contributed by atoms with E-state index in [1.807, 2.05) is 0 Å². The van der Waals surface area contributed by atoms with E-state index in [4.69, 9.17) is 12.2 Å². The normalized spacial score (nSPS) is 13.7. The highest BCUT2D eigenvalue weighted by atomic mass is 32.1. The number of nitrogens with one attached hydrogen (secondary N) is 2. The summed E-state index contributed by atoms with van der Waals surface area (Å²) in [5, 5.41) is 15.8. The van der Waals surface area contributed by atoms with Crippen molar-refractivity contribution in [3.63, 3.8) is 0 Å². The zero-order chi connectivity index (χ0) is 22.3. The van der Waals surface area contributed by atoms with Crippen LogP contribution in [-0.4, -0.2) is 32.0 Å². The summed E-state index contributed by atoms with van der Waals surface area (Å²) in [7, 11) is 0. The Hall–Kier alpha value is -4.18. The van der Waals surface area contributed by atoms with Crippen molar-refractivity contribution in [3.05, 3.63) is 86.7 Å². The summed E-state index contributed by atoms with van der Waals surface area (Å²) >= 11 is 4.81. The van der Waals surface area contributed by atoms with Gasteiger partial charge in [0.25, 0.3) is 17.5 Å². The first-order chi connectivity index (χ1) is 14.8. The summed E-state index contributed by atoms with van der Waals surface area (Å²) in [6, 6.07) is 10.7. The van der Waals surface area contributed by atoms with Crippen LogP contribution in [0.25, 0.3) is 11.6 Å². The molecule has 3 aromatic rings. The number of thiocarbonyl (C=S) groups is 1. The van der Waals surface area contributed by atoms with Crippen molar-refractivity contribution in [2.45, 2.75) is 6.92 Å². The highest BCUT2D eigenvalue weighted by Crippen LogP contribution is 2.28. The molecule has 154 valence electrons. The maximum Gasteiger partial charge on any atom is 0.270 e. The van der Waals surface area contributed by atoms with E-state index in [1.54, 1.807) is 35.7 Å². The van der Waals surface area contributed by atoms with Crippen molar-refractivity contribution in [1.29, 1.82) is 0 Å². The van der Waals surface area contributed by atoms with Crippen LogP contribution in [0, 0.1) is 17.0 Å². The summed E-state index contributed by atoms with van der Waals surface area (Å²) in [5.74, 6) is -1.71. The van der Waals surface area contributed by atoms with Gasteiger partial charge in [0.2, 0.25) is 5.78 Å². The molecule has 0 atom stereocenters. The van der Waals surface area contributed by atoms with Crippen LogP contribution in [0.15, 0.2) is 54.2 Å². The Bertz CT molecular complexity index is 1330. The van der Waals surface area contributed by atoms with Gasteiger partial charge in [-0.2, -0.15) is 0 Å². The van der Waals surface area contributed by atoms with E-state index in [-0.39, 0.29) is 27.6 Å². The number of carbonyl (C=O) groups excluding carboxylic acids is 3. The Balaban J connectivity index is 1.90. The maximum absolute atomic E-state index is 13.3. The number of hydrogen-bond acceptors (Lipinski definition) is 6. The predicted molar refractivity (Wildman–Crippen MR) is 116 cm³/mol. The number of carbonyl (C=O) groups is 3. The largest absolute Gasteiger partial charge is 0.313 e. The van der Waals surface area contributed by atoms with E-state index >= 15 is 0 Å². The van der Waals surface area contributed by atoms with Gasteiger partial charge < -0.3 is 4.40 Å². The maximum atomic E-state index is 13.3. The van der Waals surface area contributed by atoms with Gasteiger partial charge in [0.1, 0.15) is 5.57 Å². The second kappa shape index (κ2) is 7.58. The van der Waals surface area contributed by atoms with Crippen LogP contribution >= 0.6 is 12.2 Å². The van der Waals surface area contributed by atoms with Crippen LogP contribution in [0.4, 0.5) is 5.69 Å². The van der Waals surface area contributed by atoms with Crippen LogP contribution in [0.1, 0.15) is 27.2 Å². The Kier molecular flexibility index (Phi) is 4.91. The highest BCUT2D eigenvalue weighted by Gasteiger charge is 2.28. The Morgan fingerprint density at radius 3 is 2.52 bits per heavy atom. The van der Waals surface area contributed by atoms with E-state index < -0.39 is 22.5 Å². The highest BCUT2D eigenvalue weighted by molar-refractivity contribution is 7.80. The van der Waals surface area contributed by atoms with Gasteiger partial charge in [-0.3, -0.25) is 35.1 Å². The minimum atomic E-state index is -0.644. The summed E-state index contributed by atoms with van der Waals surface area (Å²) in [6.45, 7) is 1.69. The number of nitro benzene ring substituents is 1. The first kappa shape index (κ1) is 20.1. The second-order valence-corrected chi connectivity index (χ2v) is 7.18. The fraction of sp³-hybridized carbons (Fsp3) is 0.0476. The molecule has 2 aromatic heterocycles. The van der Waals surface area contributed by atoms with Crippen LogP contribution < -0.4 is 10.6 Å². The van der Waals surface area contributed by atoms with E-state index in [9.17, 15) is 24.5 Å². The number of rotatable bonds is 4. The molecule has 1 fully saturated rings. The SMILES string of the molecule is Cc1c(C=C2C(=O)NC(=S)NC2=O)c2ccccn2c1C(=O)c1cccc([N+](=O)[O-])c1. The van der Waals surface area contributed by atoms with Gasteiger partial charge in [0.05, 0.1) is 16.1 Å². The number of fused-ring (bicyclic) bond motifs is 1. The standard InChI is InChI=1S/C21H14N4O5S/c1-11-14(10-15-19(27)22-21(31)23-20(15)28)16-7-2-3-8-24(16)17(11)18(26)12-5-4-6-13(9-12)25(29)30/h2-10H,1H3,(H2,22,23,27,28,31). The molecule has 1 aliphatic rings. The number of non-ortho nitro benzene ring substituents is 1. The molecule has 31 heavy (non-hydrogen) atoms. The van der Waals surface area contributed by atoms with Crippen molar-refractivity contribution >= 4 is 52.2 Å². The van der Waals surface area contributed by atoms with Crippen LogP contribution in [0.2, 0.25) is 0 Å². The topological polar surface area (TPSA) is 123 Å². The Morgan fingerprint density at radius 2 is 1.84 bits per heavy atom. The number of ketones is 1. The van der Waals surface area contributed by atoms with Crippen molar-refractivity contribution < 1.29 is 19.3 Å². The molecular formula is C21H14N4O5S. The van der Waals surface area contributed by atoms with Crippen molar-refractivity contribution in [2.24, 2.45) is 0 Å². The molecule has 0 radical (unpaired) electrons. The van der Waals surface area contributed by atoms with E-state index in [1.165, 1.54) is 30.3 Å². The molecule has 3 heterocycles. The third kappa shape index (κ3) is 3.49. The molecule has 1 saturated heterocycles. The summed E-state index contributed by atoms with van der Waals surface area (Å²) < 4.78 is 1.63. The van der Waals surface area contributed by atoms with Crippen molar-refractivity contribution in [3.8, 4) is 0 Å². The van der Waals surface area contributed by atoms with Gasteiger partial charge in [0, 0.05) is 29.5 Å². The average molecular weight is 434 g/mol.